The van der Waals surface area contributed by atoms with Crippen molar-refractivity contribution in [3.63, 3.8) is 0 Å². The Balaban J connectivity index is 2.50. The van der Waals surface area contributed by atoms with Crippen LogP contribution in [0.3, 0.4) is 0 Å². The molecule has 0 saturated carbocycles. The summed E-state index contributed by atoms with van der Waals surface area (Å²) in [5, 5.41) is 0. The molecule has 0 amide bonds. The van der Waals surface area contributed by atoms with Crippen LogP contribution in [0.5, 0.6) is 0 Å². The van der Waals surface area contributed by atoms with Gasteiger partial charge in [0.05, 0.1) is 10.6 Å². The predicted molar refractivity (Wildman–Crippen MR) is 83.7 cm³/mol. The van der Waals surface area contributed by atoms with Crippen molar-refractivity contribution in [1.29, 1.82) is 0 Å². The van der Waals surface area contributed by atoms with Gasteiger partial charge in [0, 0.05) is 15.0 Å². The van der Waals surface area contributed by atoms with Crippen LogP contribution in [-0.2, 0) is 10.0 Å². The van der Waals surface area contributed by atoms with E-state index in [0.717, 1.165) is 6.07 Å². The van der Waals surface area contributed by atoms with Crippen molar-refractivity contribution in [2.24, 2.45) is 0 Å². The Kier molecular flexibility index (Phi) is 4.69. The first-order valence-corrected chi connectivity index (χ1v) is 8.71. The summed E-state index contributed by atoms with van der Waals surface area (Å²) < 4.78 is 54.1. The van der Waals surface area contributed by atoms with Gasteiger partial charge in [-0.25, -0.2) is 17.2 Å². The van der Waals surface area contributed by atoms with E-state index in [2.05, 4.69) is 36.6 Å². The Morgan fingerprint density at radius 2 is 1.76 bits per heavy atom. The summed E-state index contributed by atoms with van der Waals surface area (Å²) >= 11 is 6.13. The second-order valence-electron chi connectivity index (χ2n) is 4.26. The molecule has 2 rings (SSSR count). The number of hydrogen-bond acceptors (Lipinski definition) is 2. The lowest BCUT2D eigenvalue weighted by Crippen LogP contribution is -2.15. The number of nitrogens with one attached hydrogen (secondary N) is 1. The maximum Gasteiger partial charge on any atom is 0.262 e. The highest BCUT2D eigenvalue weighted by Gasteiger charge is 2.21. The average Bonchev–Trinajstić information content (AvgIpc) is 2.36. The van der Waals surface area contributed by atoms with Gasteiger partial charge in [-0.3, -0.25) is 4.72 Å². The lowest BCUT2D eigenvalue weighted by molar-refractivity contribution is 0.581. The quantitative estimate of drug-likeness (QED) is 0.758. The van der Waals surface area contributed by atoms with Crippen LogP contribution in [-0.4, -0.2) is 8.42 Å². The Bertz CT molecular complexity index is 787. The van der Waals surface area contributed by atoms with Gasteiger partial charge in [0.1, 0.15) is 5.82 Å². The van der Waals surface area contributed by atoms with Crippen molar-refractivity contribution >= 4 is 47.6 Å². The molecular weight excluding hydrogens is 432 g/mol. The molecule has 8 heteroatoms. The third kappa shape index (κ3) is 3.61. The summed E-state index contributed by atoms with van der Waals surface area (Å²) in [4.78, 5) is 0.00694. The van der Waals surface area contributed by atoms with E-state index in [1.165, 1.54) is 6.07 Å². The Morgan fingerprint density at radius 1 is 1.10 bits per heavy atom. The highest BCUT2D eigenvalue weighted by molar-refractivity contribution is 9.10. The number of anilines is 1. The van der Waals surface area contributed by atoms with E-state index in [0.29, 0.717) is 16.1 Å². The molecule has 0 aliphatic heterocycles. The van der Waals surface area contributed by atoms with E-state index < -0.39 is 21.7 Å². The number of sulfonamides is 1. The SMILES string of the molecule is Cc1ccc(Br)cc1S(=O)(=O)Nc1c(F)cc(F)cc1Br. The van der Waals surface area contributed by atoms with Gasteiger partial charge < -0.3 is 0 Å². The van der Waals surface area contributed by atoms with E-state index in [-0.39, 0.29) is 15.1 Å². The molecule has 2 aromatic rings. The van der Waals surface area contributed by atoms with Crippen LogP contribution in [0, 0.1) is 18.6 Å². The Hall–Kier alpha value is -0.990. The molecule has 0 unspecified atom stereocenters. The topological polar surface area (TPSA) is 46.2 Å². The van der Waals surface area contributed by atoms with Gasteiger partial charge in [0.25, 0.3) is 10.0 Å². The van der Waals surface area contributed by atoms with Crippen LogP contribution in [0.25, 0.3) is 0 Å². The van der Waals surface area contributed by atoms with Crippen LogP contribution in [0.1, 0.15) is 5.56 Å². The van der Waals surface area contributed by atoms with Gasteiger partial charge in [-0.2, -0.15) is 0 Å². The van der Waals surface area contributed by atoms with E-state index in [1.807, 2.05) is 0 Å². The number of rotatable bonds is 3. The number of benzene rings is 2. The monoisotopic (exact) mass is 439 g/mol. The van der Waals surface area contributed by atoms with Crippen molar-refractivity contribution < 1.29 is 17.2 Å². The lowest BCUT2D eigenvalue weighted by atomic mass is 10.2. The Morgan fingerprint density at radius 3 is 2.38 bits per heavy atom. The second-order valence-corrected chi connectivity index (χ2v) is 7.68. The molecule has 0 aromatic heterocycles. The highest BCUT2D eigenvalue weighted by Crippen LogP contribution is 2.30. The minimum Gasteiger partial charge on any atom is -0.275 e. The summed E-state index contributed by atoms with van der Waals surface area (Å²) in [6.45, 7) is 1.62. The second kappa shape index (κ2) is 6.02. The normalized spacial score (nSPS) is 11.5. The van der Waals surface area contributed by atoms with Crippen molar-refractivity contribution in [3.05, 3.63) is 56.5 Å². The standard InChI is InChI=1S/C13H9Br2F2NO2S/c1-7-2-3-8(14)4-12(7)21(19,20)18-13-10(15)5-9(16)6-11(13)17/h2-6,18H,1H3. The molecule has 21 heavy (non-hydrogen) atoms. The van der Waals surface area contributed by atoms with E-state index >= 15 is 0 Å². The van der Waals surface area contributed by atoms with Crippen molar-refractivity contribution in [3.8, 4) is 0 Å². The Labute approximate surface area is 137 Å². The summed E-state index contributed by atoms with van der Waals surface area (Å²) in [7, 11) is -4.00. The summed E-state index contributed by atoms with van der Waals surface area (Å²) in [5.41, 5.74) is 0.167. The van der Waals surface area contributed by atoms with Crippen molar-refractivity contribution in [2.75, 3.05) is 4.72 Å². The number of halogens is 4. The third-order valence-corrected chi connectivity index (χ3v) is 5.29. The zero-order chi connectivity index (χ0) is 15.8. The molecule has 0 radical (unpaired) electrons. The minimum atomic E-state index is -4.00. The van der Waals surface area contributed by atoms with Crippen LogP contribution >= 0.6 is 31.9 Å². The molecule has 0 bridgehead atoms. The third-order valence-electron chi connectivity index (χ3n) is 2.68. The van der Waals surface area contributed by atoms with Crippen molar-refractivity contribution in [2.45, 2.75) is 11.8 Å². The molecule has 1 N–H and O–H groups in total. The van der Waals surface area contributed by atoms with Gasteiger partial charge in [-0.15, -0.1) is 0 Å². The fraction of sp³-hybridized carbons (Fsp3) is 0.0769. The number of hydrogen-bond donors (Lipinski definition) is 1. The first-order chi connectivity index (χ1) is 9.70. The summed E-state index contributed by atoms with van der Waals surface area (Å²) in [5.74, 6) is -1.81. The maximum atomic E-state index is 13.7. The molecule has 0 aliphatic rings. The molecular formula is C13H9Br2F2NO2S. The smallest absolute Gasteiger partial charge is 0.262 e. The highest BCUT2D eigenvalue weighted by atomic mass is 79.9. The van der Waals surface area contributed by atoms with E-state index in [4.69, 9.17) is 0 Å². The zero-order valence-electron chi connectivity index (χ0n) is 10.6. The van der Waals surface area contributed by atoms with Gasteiger partial charge in [0.15, 0.2) is 5.82 Å². The van der Waals surface area contributed by atoms with Crippen LogP contribution in [0.2, 0.25) is 0 Å². The van der Waals surface area contributed by atoms with Gasteiger partial charge >= 0.3 is 0 Å². The minimum absolute atomic E-state index is 0.00694. The van der Waals surface area contributed by atoms with Crippen LogP contribution < -0.4 is 4.72 Å². The molecule has 0 heterocycles. The average molecular weight is 441 g/mol. The fourth-order valence-corrected chi connectivity index (χ4v) is 4.20. The molecule has 2 aromatic carbocycles. The fourth-order valence-electron chi connectivity index (χ4n) is 1.69. The number of aryl methyl sites for hydroxylation is 1. The lowest BCUT2D eigenvalue weighted by Gasteiger charge is -2.13. The van der Waals surface area contributed by atoms with Crippen LogP contribution in [0.15, 0.2) is 44.2 Å². The first-order valence-electron chi connectivity index (χ1n) is 5.64. The molecule has 0 fully saturated rings. The van der Waals surface area contributed by atoms with Gasteiger partial charge in [-0.1, -0.05) is 22.0 Å². The predicted octanol–water partition coefficient (Wildman–Crippen LogP) is 4.60. The molecule has 112 valence electrons. The molecule has 3 nitrogen and oxygen atoms in total. The van der Waals surface area contributed by atoms with Gasteiger partial charge in [-0.05, 0) is 46.6 Å². The molecule has 0 saturated heterocycles. The molecule has 0 spiro atoms. The summed E-state index contributed by atoms with van der Waals surface area (Å²) in [6.07, 6.45) is 0. The largest absolute Gasteiger partial charge is 0.275 e. The van der Waals surface area contributed by atoms with E-state index in [1.54, 1.807) is 19.1 Å². The maximum absolute atomic E-state index is 13.7. The first kappa shape index (κ1) is 16.4. The molecule has 0 atom stereocenters. The van der Waals surface area contributed by atoms with E-state index in [9.17, 15) is 17.2 Å². The van der Waals surface area contributed by atoms with Gasteiger partial charge in [0.2, 0.25) is 0 Å². The summed E-state index contributed by atoms with van der Waals surface area (Å²) in [6, 6.07) is 6.32. The van der Waals surface area contributed by atoms with Crippen LogP contribution in [0.4, 0.5) is 14.5 Å². The van der Waals surface area contributed by atoms with Crippen molar-refractivity contribution in [1.82, 2.24) is 0 Å². The molecule has 0 aliphatic carbocycles. The zero-order valence-corrected chi connectivity index (χ0v) is 14.6.